The Hall–Kier alpha value is -0.580. The van der Waals surface area contributed by atoms with Crippen molar-refractivity contribution in [1.82, 2.24) is 10.6 Å². The highest BCUT2D eigenvalue weighted by molar-refractivity contribution is 9.10. The van der Waals surface area contributed by atoms with Gasteiger partial charge in [-0.15, -0.1) is 12.4 Å². The smallest absolute Gasteiger partial charge is 0.220 e. The SMILES string of the molecule is CC(Cc1cccc(Br)c1)NC(=O)CC(C)C1CCCNC1.Cl. The molecule has 2 N–H and O–H groups in total. The van der Waals surface area contributed by atoms with Crippen LogP contribution < -0.4 is 10.6 Å². The summed E-state index contributed by atoms with van der Waals surface area (Å²) < 4.78 is 1.09. The van der Waals surface area contributed by atoms with Crippen LogP contribution in [0, 0.1) is 11.8 Å². The van der Waals surface area contributed by atoms with E-state index in [9.17, 15) is 4.79 Å². The summed E-state index contributed by atoms with van der Waals surface area (Å²) in [5.41, 5.74) is 1.24. The Labute approximate surface area is 154 Å². The van der Waals surface area contributed by atoms with Crippen LogP contribution in [0.1, 0.15) is 38.7 Å². The molecule has 1 aliphatic heterocycles. The summed E-state index contributed by atoms with van der Waals surface area (Å²) in [5, 5.41) is 6.57. The molecule has 1 amide bonds. The van der Waals surface area contributed by atoms with Crippen molar-refractivity contribution in [2.45, 2.75) is 45.6 Å². The van der Waals surface area contributed by atoms with E-state index in [0.29, 0.717) is 18.3 Å². The Balaban J connectivity index is 0.00000264. The Morgan fingerprint density at radius 3 is 2.87 bits per heavy atom. The minimum atomic E-state index is 0. The number of amides is 1. The van der Waals surface area contributed by atoms with Crippen molar-refractivity contribution < 1.29 is 4.79 Å². The fourth-order valence-electron chi connectivity index (χ4n) is 3.23. The Kier molecular flexibility index (Phi) is 9.18. The zero-order chi connectivity index (χ0) is 15.9. The number of benzene rings is 1. The molecule has 3 nitrogen and oxygen atoms in total. The first-order valence-corrected chi connectivity index (χ1v) is 9.08. The van der Waals surface area contributed by atoms with Crippen LogP contribution in [0.2, 0.25) is 0 Å². The van der Waals surface area contributed by atoms with Gasteiger partial charge in [-0.05, 0) is 68.8 Å². The van der Waals surface area contributed by atoms with Crippen molar-refractivity contribution >= 4 is 34.2 Å². The van der Waals surface area contributed by atoms with Crippen LogP contribution in [0.4, 0.5) is 0 Å². The lowest BCUT2D eigenvalue weighted by molar-refractivity contribution is -0.122. The summed E-state index contributed by atoms with van der Waals surface area (Å²) in [6, 6.07) is 8.43. The monoisotopic (exact) mass is 402 g/mol. The molecular formula is C18H28BrClN2O. The molecule has 0 bridgehead atoms. The standard InChI is InChI=1S/C18H27BrN2O.ClH/c1-13(16-6-4-8-20-12-16)9-18(22)21-14(2)10-15-5-3-7-17(19)11-15;/h3,5,7,11,13-14,16,20H,4,6,8-10,12H2,1-2H3,(H,21,22);1H. The summed E-state index contributed by atoms with van der Waals surface area (Å²) in [5.74, 6) is 1.27. The van der Waals surface area contributed by atoms with Gasteiger partial charge in [0.15, 0.2) is 0 Å². The van der Waals surface area contributed by atoms with Gasteiger partial charge in [0.2, 0.25) is 5.91 Å². The molecule has 1 aromatic rings. The van der Waals surface area contributed by atoms with E-state index in [2.05, 4.69) is 52.5 Å². The fraction of sp³-hybridized carbons (Fsp3) is 0.611. The van der Waals surface area contributed by atoms with Crippen molar-refractivity contribution in [1.29, 1.82) is 0 Å². The van der Waals surface area contributed by atoms with E-state index in [0.717, 1.165) is 24.0 Å². The normalized spacial score (nSPS) is 20.2. The summed E-state index contributed by atoms with van der Waals surface area (Å²) in [7, 11) is 0. The third kappa shape index (κ3) is 7.23. The second-order valence-corrected chi connectivity index (χ2v) is 7.51. The fourth-order valence-corrected chi connectivity index (χ4v) is 3.67. The number of rotatable bonds is 6. The van der Waals surface area contributed by atoms with Gasteiger partial charge in [0.25, 0.3) is 0 Å². The third-order valence-corrected chi connectivity index (χ3v) is 4.98. The molecular weight excluding hydrogens is 376 g/mol. The molecule has 0 aromatic heterocycles. The lowest BCUT2D eigenvalue weighted by Gasteiger charge is -2.28. The van der Waals surface area contributed by atoms with Gasteiger partial charge in [0.05, 0.1) is 0 Å². The predicted octanol–water partition coefficient (Wildman–Crippen LogP) is 3.94. The lowest BCUT2D eigenvalue weighted by Crippen LogP contribution is -2.38. The van der Waals surface area contributed by atoms with Gasteiger partial charge in [-0.2, -0.15) is 0 Å². The third-order valence-electron chi connectivity index (χ3n) is 4.49. The maximum atomic E-state index is 12.2. The molecule has 1 heterocycles. The van der Waals surface area contributed by atoms with Gasteiger partial charge in [0.1, 0.15) is 0 Å². The maximum Gasteiger partial charge on any atom is 0.220 e. The lowest BCUT2D eigenvalue weighted by atomic mass is 9.85. The van der Waals surface area contributed by atoms with E-state index < -0.39 is 0 Å². The summed E-state index contributed by atoms with van der Waals surface area (Å²) >= 11 is 3.49. The van der Waals surface area contributed by atoms with E-state index in [4.69, 9.17) is 0 Å². The quantitative estimate of drug-likeness (QED) is 0.755. The van der Waals surface area contributed by atoms with E-state index in [1.807, 2.05) is 12.1 Å². The highest BCUT2D eigenvalue weighted by Crippen LogP contribution is 2.22. The van der Waals surface area contributed by atoms with Crippen molar-refractivity contribution in [3.63, 3.8) is 0 Å². The van der Waals surface area contributed by atoms with Gasteiger partial charge in [-0.25, -0.2) is 0 Å². The number of halogens is 2. The molecule has 0 saturated carbocycles. The zero-order valence-corrected chi connectivity index (χ0v) is 16.4. The van der Waals surface area contributed by atoms with Crippen LogP contribution in [-0.2, 0) is 11.2 Å². The molecule has 0 aliphatic carbocycles. The van der Waals surface area contributed by atoms with Gasteiger partial charge >= 0.3 is 0 Å². The second kappa shape index (κ2) is 10.3. The molecule has 3 atom stereocenters. The molecule has 0 radical (unpaired) electrons. The van der Waals surface area contributed by atoms with Crippen molar-refractivity contribution in [2.24, 2.45) is 11.8 Å². The number of piperidine rings is 1. The average molecular weight is 404 g/mol. The van der Waals surface area contributed by atoms with Gasteiger partial charge in [-0.3, -0.25) is 4.79 Å². The van der Waals surface area contributed by atoms with Crippen molar-refractivity contribution in [2.75, 3.05) is 13.1 Å². The Morgan fingerprint density at radius 2 is 2.22 bits per heavy atom. The summed E-state index contributed by atoms with van der Waals surface area (Å²) in [4.78, 5) is 12.2. The van der Waals surface area contributed by atoms with E-state index >= 15 is 0 Å². The molecule has 2 rings (SSSR count). The number of hydrogen-bond acceptors (Lipinski definition) is 2. The predicted molar refractivity (Wildman–Crippen MR) is 102 cm³/mol. The summed E-state index contributed by atoms with van der Waals surface area (Å²) in [6.45, 7) is 6.46. The number of hydrogen-bond donors (Lipinski definition) is 2. The Morgan fingerprint density at radius 1 is 1.43 bits per heavy atom. The number of carbonyl (C=O) groups is 1. The van der Waals surface area contributed by atoms with Gasteiger partial charge in [0, 0.05) is 16.9 Å². The maximum absolute atomic E-state index is 12.2. The largest absolute Gasteiger partial charge is 0.353 e. The van der Waals surface area contributed by atoms with Gasteiger partial charge < -0.3 is 10.6 Å². The molecule has 1 fully saturated rings. The van der Waals surface area contributed by atoms with Crippen LogP contribution >= 0.6 is 28.3 Å². The molecule has 3 unspecified atom stereocenters. The molecule has 23 heavy (non-hydrogen) atoms. The first-order valence-electron chi connectivity index (χ1n) is 8.29. The van der Waals surface area contributed by atoms with Crippen LogP contribution in [0.5, 0.6) is 0 Å². The highest BCUT2D eigenvalue weighted by Gasteiger charge is 2.22. The van der Waals surface area contributed by atoms with Gasteiger partial charge in [-0.1, -0.05) is 35.0 Å². The molecule has 0 spiro atoms. The van der Waals surface area contributed by atoms with Crippen molar-refractivity contribution in [3.05, 3.63) is 34.3 Å². The van der Waals surface area contributed by atoms with Crippen LogP contribution in [0.15, 0.2) is 28.7 Å². The molecule has 130 valence electrons. The Bertz CT molecular complexity index is 492. The van der Waals surface area contributed by atoms with Crippen LogP contribution in [0.25, 0.3) is 0 Å². The molecule has 1 aromatic carbocycles. The number of nitrogens with one attached hydrogen (secondary N) is 2. The molecule has 1 aliphatic rings. The first kappa shape index (κ1) is 20.5. The van der Waals surface area contributed by atoms with E-state index in [1.165, 1.54) is 18.4 Å². The minimum Gasteiger partial charge on any atom is -0.353 e. The topological polar surface area (TPSA) is 41.1 Å². The minimum absolute atomic E-state index is 0. The number of carbonyl (C=O) groups excluding carboxylic acids is 1. The molecule has 1 saturated heterocycles. The second-order valence-electron chi connectivity index (χ2n) is 6.59. The van der Waals surface area contributed by atoms with Crippen LogP contribution in [0.3, 0.4) is 0 Å². The van der Waals surface area contributed by atoms with Crippen molar-refractivity contribution in [3.8, 4) is 0 Å². The van der Waals surface area contributed by atoms with E-state index in [-0.39, 0.29) is 24.4 Å². The van der Waals surface area contributed by atoms with Crippen LogP contribution in [-0.4, -0.2) is 25.0 Å². The first-order chi connectivity index (χ1) is 10.5. The van der Waals surface area contributed by atoms with E-state index in [1.54, 1.807) is 0 Å². The average Bonchev–Trinajstić information content (AvgIpc) is 2.47. The summed E-state index contributed by atoms with van der Waals surface area (Å²) in [6.07, 6.45) is 3.98. The molecule has 5 heteroatoms. The highest BCUT2D eigenvalue weighted by atomic mass is 79.9. The zero-order valence-electron chi connectivity index (χ0n) is 14.0.